The minimum absolute atomic E-state index is 0.166. The number of rotatable bonds is 8. The number of methoxy groups -OCH3 is 1. The van der Waals surface area contributed by atoms with Crippen LogP contribution in [0.25, 0.3) is 0 Å². The topological polar surface area (TPSA) is 97.2 Å². The fraction of sp³-hybridized carbons (Fsp3) is 0.682. The molecule has 9 nitrogen and oxygen atoms in total. The number of carbonyl (C=O) groups is 1. The molecule has 0 aliphatic carbocycles. The third-order valence-corrected chi connectivity index (χ3v) is 6.05. The molecule has 2 atom stereocenters. The quantitative estimate of drug-likeness (QED) is 0.496. The largest absolute Gasteiger partial charge is 0.496 e. The monoisotopic (exact) mass is 434 g/mol. The molecule has 2 unspecified atom stereocenters. The second-order valence-electron chi connectivity index (χ2n) is 8.70. The molecule has 1 amide bonds. The standard InChI is InChI=1S/C22H34N4O5/c1-16-13-25(14-17(2)31-16)15-18-6-9-24(10-7-18)11-8-22(27)23-20-5-4-19(30-3)12-21(20)26(28)29/h4-5,12,16-18H,6-11,13-15H2,1-3H3,(H,23,27). The van der Waals surface area contributed by atoms with Crippen molar-refractivity contribution in [3.8, 4) is 5.75 Å². The Bertz CT molecular complexity index is 756. The highest BCUT2D eigenvalue weighted by Crippen LogP contribution is 2.29. The van der Waals surface area contributed by atoms with Crippen LogP contribution in [0.4, 0.5) is 11.4 Å². The Hall–Kier alpha value is -2.23. The van der Waals surface area contributed by atoms with Crippen LogP contribution < -0.4 is 10.1 Å². The molecule has 1 aromatic rings. The van der Waals surface area contributed by atoms with Gasteiger partial charge in [-0.2, -0.15) is 0 Å². The van der Waals surface area contributed by atoms with Crippen LogP contribution in [0.5, 0.6) is 5.75 Å². The number of hydrogen-bond donors (Lipinski definition) is 1. The van der Waals surface area contributed by atoms with E-state index in [1.54, 1.807) is 6.07 Å². The van der Waals surface area contributed by atoms with E-state index in [0.29, 0.717) is 36.8 Å². The fourth-order valence-corrected chi connectivity index (χ4v) is 4.56. The average Bonchev–Trinajstić information content (AvgIpc) is 2.72. The van der Waals surface area contributed by atoms with Gasteiger partial charge in [-0.15, -0.1) is 0 Å². The first-order valence-corrected chi connectivity index (χ1v) is 11.1. The molecule has 31 heavy (non-hydrogen) atoms. The number of morpholine rings is 1. The highest BCUT2D eigenvalue weighted by molar-refractivity contribution is 5.93. The van der Waals surface area contributed by atoms with E-state index >= 15 is 0 Å². The summed E-state index contributed by atoms with van der Waals surface area (Å²) in [5.74, 6) is 0.852. The highest BCUT2D eigenvalue weighted by atomic mass is 16.6. The van der Waals surface area contributed by atoms with E-state index in [4.69, 9.17) is 9.47 Å². The first-order chi connectivity index (χ1) is 14.8. The molecule has 3 rings (SSSR count). The highest BCUT2D eigenvalue weighted by Gasteiger charge is 2.27. The van der Waals surface area contributed by atoms with Crippen LogP contribution >= 0.6 is 0 Å². The molecular weight excluding hydrogens is 400 g/mol. The summed E-state index contributed by atoms with van der Waals surface area (Å²) >= 11 is 0. The summed E-state index contributed by atoms with van der Waals surface area (Å²) in [5.41, 5.74) is 0.0312. The molecule has 0 radical (unpaired) electrons. The molecule has 172 valence electrons. The Balaban J connectivity index is 1.41. The Morgan fingerprint density at radius 3 is 2.52 bits per heavy atom. The van der Waals surface area contributed by atoms with E-state index in [1.807, 2.05) is 0 Å². The molecular formula is C22H34N4O5. The molecule has 0 aromatic heterocycles. The summed E-state index contributed by atoms with van der Waals surface area (Å²) in [5, 5.41) is 13.9. The minimum Gasteiger partial charge on any atom is -0.496 e. The zero-order valence-electron chi connectivity index (χ0n) is 18.7. The molecule has 9 heteroatoms. The Labute approximate surface area is 183 Å². The van der Waals surface area contributed by atoms with Crippen LogP contribution in [0, 0.1) is 16.0 Å². The van der Waals surface area contributed by atoms with E-state index < -0.39 is 4.92 Å². The van der Waals surface area contributed by atoms with Crippen LogP contribution in [-0.4, -0.2) is 79.2 Å². The summed E-state index contributed by atoms with van der Waals surface area (Å²) in [6.07, 6.45) is 3.16. The molecule has 2 aliphatic rings. The lowest BCUT2D eigenvalue weighted by Crippen LogP contribution is -2.48. The molecule has 2 aliphatic heterocycles. The van der Waals surface area contributed by atoms with Gasteiger partial charge >= 0.3 is 0 Å². The van der Waals surface area contributed by atoms with Gasteiger partial charge < -0.3 is 19.7 Å². The normalized spacial score (nSPS) is 23.5. The van der Waals surface area contributed by atoms with Gasteiger partial charge in [0.25, 0.3) is 5.69 Å². The van der Waals surface area contributed by atoms with Crippen molar-refractivity contribution in [3.63, 3.8) is 0 Å². The van der Waals surface area contributed by atoms with Crippen molar-refractivity contribution in [1.82, 2.24) is 9.80 Å². The van der Waals surface area contributed by atoms with Gasteiger partial charge in [0.15, 0.2) is 0 Å². The number of nitro groups is 1. The Morgan fingerprint density at radius 2 is 1.90 bits per heavy atom. The molecule has 0 saturated carbocycles. The van der Waals surface area contributed by atoms with Crippen molar-refractivity contribution in [3.05, 3.63) is 28.3 Å². The van der Waals surface area contributed by atoms with E-state index in [1.165, 1.54) is 19.2 Å². The number of nitrogens with zero attached hydrogens (tertiary/aromatic N) is 3. The van der Waals surface area contributed by atoms with Crippen molar-refractivity contribution in [2.75, 3.05) is 51.7 Å². The van der Waals surface area contributed by atoms with Gasteiger partial charge in [0.1, 0.15) is 11.4 Å². The van der Waals surface area contributed by atoms with E-state index in [0.717, 1.165) is 45.6 Å². The lowest BCUT2D eigenvalue weighted by molar-refractivity contribution is -0.384. The van der Waals surface area contributed by atoms with Gasteiger partial charge in [0.2, 0.25) is 5.91 Å². The first-order valence-electron chi connectivity index (χ1n) is 11.1. The number of likely N-dealkylation sites (tertiary alicyclic amines) is 1. The Kier molecular flexibility index (Phi) is 8.22. The number of anilines is 1. The third kappa shape index (κ3) is 6.88. The molecule has 1 N–H and O–H groups in total. The number of amides is 1. The van der Waals surface area contributed by atoms with Crippen LogP contribution in [0.15, 0.2) is 18.2 Å². The third-order valence-electron chi connectivity index (χ3n) is 6.05. The van der Waals surface area contributed by atoms with E-state index in [9.17, 15) is 14.9 Å². The van der Waals surface area contributed by atoms with E-state index in [-0.39, 0.29) is 17.3 Å². The fourth-order valence-electron chi connectivity index (χ4n) is 4.56. The number of hydrogen-bond acceptors (Lipinski definition) is 7. The first kappa shape index (κ1) is 23.4. The summed E-state index contributed by atoms with van der Waals surface area (Å²) < 4.78 is 10.8. The summed E-state index contributed by atoms with van der Waals surface area (Å²) in [4.78, 5) is 27.9. The van der Waals surface area contributed by atoms with E-state index in [2.05, 4.69) is 29.0 Å². The maximum Gasteiger partial charge on any atom is 0.296 e. The number of benzene rings is 1. The number of nitrogens with one attached hydrogen (secondary N) is 1. The lowest BCUT2D eigenvalue weighted by Gasteiger charge is -2.39. The second-order valence-corrected chi connectivity index (χ2v) is 8.70. The lowest BCUT2D eigenvalue weighted by atomic mass is 9.95. The molecule has 1 aromatic carbocycles. The van der Waals surface area contributed by atoms with Gasteiger partial charge in [0.05, 0.1) is 30.3 Å². The molecule has 2 heterocycles. The van der Waals surface area contributed by atoms with Crippen LogP contribution in [0.3, 0.4) is 0 Å². The van der Waals surface area contributed by atoms with Crippen molar-refractivity contribution in [2.45, 2.75) is 45.3 Å². The summed E-state index contributed by atoms with van der Waals surface area (Å²) in [6, 6.07) is 4.42. The van der Waals surface area contributed by atoms with Gasteiger partial charge in [-0.05, 0) is 57.8 Å². The van der Waals surface area contributed by atoms with Crippen molar-refractivity contribution >= 4 is 17.3 Å². The predicted molar refractivity (Wildman–Crippen MR) is 119 cm³/mol. The minimum atomic E-state index is -0.515. The second kappa shape index (κ2) is 10.9. The van der Waals surface area contributed by atoms with Crippen LogP contribution in [0.2, 0.25) is 0 Å². The maximum absolute atomic E-state index is 12.4. The zero-order valence-corrected chi connectivity index (χ0v) is 18.7. The van der Waals surface area contributed by atoms with Crippen molar-refractivity contribution < 1.29 is 19.2 Å². The zero-order chi connectivity index (χ0) is 22.4. The summed E-state index contributed by atoms with van der Waals surface area (Å²) in [7, 11) is 1.45. The molecule has 0 bridgehead atoms. The molecule has 2 saturated heterocycles. The predicted octanol–water partition coefficient (Wildman–Crippen LogP) is 2.75. The Morgan fingerprint density at radius 1 is 1.23 bits per heavy atom. The SMILES string of the molecule is COc1ccc(NC(=O)CCN2CCC(CN3CC(C)OC(C)C3)CC2)c([N+](=O)[O-])c1. The molecule has 0 spiro atoms. The number of piperidine rings is 1. The van der Waals surface area contributed by atoms with Crippen LogP contribution in [0.1, 0.15) is 33.1 Å². The van der Waals surface area contributed by atoms with Gasteiger partial charge in [-0.3, -0.25) is 19.8 Å². The van der Waals surface area contributed by atoms with Gasteiger partial charge in [-0.25, -0.2) is 0 Å². The maximum atomic E-state index is 12.4. The van der Waals surface area contributed by atoms with Gasteiger partial charge in [0, 0.05) is 32.6 Å². The smallest absolute Gasteiger partial charge is 0.296 e. The van der Waals surface area contributed by atoms with Gasteiger partial charge in [-0.1, -0.05) is 0 Å². The summed E-state index contributed by atoms with van der Waals surface area (Å²) in [6.45, 7) is 10.0. The van der Waals surface area contributed by atoms with Crippen molar-refractivity contribution in [1.29, 1.82) is 0 Å². The molecule has 2 fully saturated rings. The van der Waals surface area contributed by atoms with Crippen LogP contribution in [-0.2, 0) is 9.53 Å². The number of ether oxygens (including phenoxy) is 2. The number of nitro benzene ring substituents is 1. The number of carbonyl (C=O) groups excluding carboxylic acids is 1. The average molecular weight is 435 g/mol. The van der Waals surface area contributed by atoms with Crippen molar-refractivity contribution in [2.24, 2.45) is 5.92 Å².